The van der Waals surface area contributed by atoms with E-state index in [4.69, 9.17) is 19.2 Å². The average Bonchev–Trinajstić information content (AvgIpc) is 2.91. The van der Waals surface area contributed by atoms with Crippen molar-refractivity contribution < 1.29 is 48.2 Å². The molecule has 0 unspecified atom stereocenters. The number of carbonyl (C=O) groups is 4. The van der Waals surface area contributed by atoms with E-state index in [1.807, 2.05) is 12.1 Å². The maximum absolute atomic E-state index is 11.8. The van der Waals surface area contributed by atoms with Gasteiger partial charge in [-0.1, -0.05) is 73.5 Å². The fourth-order valence-electron chi connectivity index (χ4n) is 3.12. The van der Waals surface area contributed by atoms with Crippen molar-refractivity contribution in [2.45, 2.75) is 77.8 Å². The van der Waals surface area contributed by atoms with Crippen LogP contribution in [-0.4, -0.2) is 35.1 Å². The Morgan fingerprint density at radius 2 is 0.895 bits per heavy atom. The first kappa shape index (κ1) is 30.5. The summed E-state index contributed by atoms with van der Waals surface area (Å²) in [6.45, 7) is 6.72. The van der Waals surface area contributed by atoms with Gasteiger partial charge in [0.2, 0.25) is 0 Å². The number of ether oxygens (including phenoxy) is 2. The van der Waals surface area contributed by atoms with Crippen LogP contribution in [0.3, 0.4) is 0 Å². The van der Waals surface area contributed by atoms with Gasteiger partial charge >= 0.3 is 23.9 Å². The largest absolute Gasteiger partial charge is 0.452 e. The molecule has 0 heterocycles. The lowest BCUT2D eigenvalue weighted by Crippen LogP contribution is -2.30. The van der Waals surface area contributed by atoms with Crippen molar-refractivity contribution in [3.63, 3.8) is 0 Å². The average molecular weight is 531 g/mol. The number of benzene rings is 2. The van der Waals surface area contributed by atoms with E-state index in [0.717, 1.165) is 11.1 Å². The fourth-order valence-corrected chi connectivity index (χ4v) is 3.12. The van der Waals surface area contributed by atoms with E-state index in [0.29, 0.717) is 25.7 Å². The highest BCUT2D eigenvalue weighted by molar-refractivity contribution is 6.29. The zero-order valence-electron chi connectivity index (χ0n) is 22.1. The van der Waals surface area contributed by atoms with Gasteiger partial charge in [-0.15, -0.1) is 0 Å². The van der Waals surface area contributed by atoms with Crippen LogP contribution < -0.4 is 0 Å². The van der Waals surface area contributed by atoms with Crippen molar-refractivity contribution in [3.05, 3.63) is 71.8 Å². The molecule has 0 amide bonds. The predicted octanol–water partition coefficient (Wildman–Crippen LogP) is 4.54. The Morgan fingerprint density at radius 1 is 0.553 bits per heavy atom. The minimum absolute atomic E-state index is 0.0554. The molecule has 0 saturated heterocycles. The lowest BCUT2D eigenvalue weighted by Gasteiger charge is -2.25. The smallest absolute Gasteiger partial charge is 0.449 e. The maximum Gasteiger partial charge on any atom is 0.449 e. The topological polar surface area (TPSA) is 124 Å². The third kappa shape index (κ3) is 12.0. The van der Waals surface area contributed by atoms with Crippen LogP contribution in [0.2, 0.25) is 0 Å². The quantitative estimate of drug-likeness (QED) is 0.120. The number of esters is 2. The maximum atomic E-state index is 11.8. The molecular formula is C28H34O10. The van der Waals surface area contributed by atoms with Crippen LogP contribution >= 0.6 is 0 Å². The van der Waals surface area contributed by atoms with E-state index in [9.17, 15) is 19.2 Å². The van der Waals surface area contributed by atoms with Crippen molar-refractivity contribution in [2.75, 3.05) is 0 Å². The predicted molar refractivity (Wildman–Crippen MR) is 133 cm³/mol. The van der Waals surface area contributed by atoms with E-state index in [2.05, 4.69) is 9.78 Å². The zero-order valence-corrected chi connectivity index (χ0v) is 22.1. The Morgan fingerprint density at radius 3 is 1.24 bits per heavy atom. The molecule has 38 heavy (non-hydrogen) atoms. The Hall–Kier alpha value is -3.76. The molecule has 2 aromatic rings. The van der Waals surface area contributed by atoms with Gasteiger partial charge in [-0.2, -0.15) is 9.78 Å². The molecule has 0 spiro atoms. The van der Waals surface area contributed by atoms with Crippen molar-refractivity contribution in [3.8, 4) is 0 Å². The Bertz CT molecular complexity index is 962. The molecule has 206 valence electrons. The van der Waals surface area contributed by atoms with Gasteiger partial charge in [0.25, 0.3) is 0 Å². The summed E-state index contributed by atoms with van der Waals surface area (Å²) >= 11 is 0. The van der Waals surface area contributed by atoms with Crippen molar-refractivity contribution in [1.82, 2.24) is 0 Å². The molecular weight excluding hydrogens is 496 g/mol. The minimum Gasteiger partial charge on any atom is -0.452 e. The summed E-state index contributed by atoms with van der Waals surface area (Å²) in [6.07, 6.45) is 2.26. The normalized spacial score (nSPS) is 11.4. The second-order valence-electron chi connectivity index (χ2n) is 9.76. The molecule has 0 radical (unpaired) electrons. The molecule has 0 atom stereocenters. The van der Waals surface area contributed by atoms with Crippen molar-refractivity contribution in [2.24, 2.45) is 0 Å². The SMILES string of the molecule is CC(C)(CCCCC(C)(C)OOC(=O)C(=O)OCc1ccccc1)OOC(=O)C(=O)OCc1ccccc1. The fraction of sp³-hybridized carbons (Fsp3) is 0.429. The highest BCUT2D eigenvalue weighted by Gasteiger charge is 2.28. The summed E-state index contributed by atoms with van der Waals surface area (Å²) < 4.78 is 9.81. The van der Waals surface area contributed by atoms with Gasteiger partial charge in [-0.25, -0.2) is 19.2 Å². The zero-order chi connectivity index (χ0) is 28.0. The van der Waals surface area contributed by atoms with E-state index in [1.54, 1.807) is 76.2 Å². The summed E-state index contributed by atoms with van der Waals surface area (Å²) in [4.78, 5) is 66.9. The van der Waals surface area contributed by atoms with Gasteiger partial charge in [0.1, 0.15) is 24.4 Å². The first-order valence-electron chi connectivity index (χ1n) is 12.2. The molecule has 0 N–H and O–H groups in total. The summed E-state index contributed by atoms with van der Waals surface area (Å²) in [5.41, 5.74) is -0.260. The molecule has 10 heteroatoms. The van der Waals surface area contributed by atoms with E-state index < -0.39 is 35.1 Å². The molecule has 0 saturated carbocycles. The summed E-state index contributed by atoms with van der Waals surface area (Å²) in [6, 6.07) is 17.8. The highest BCUT2D eigenvalue weighted by atomic mass is 17.2. The van der Waals surface area contributed by atoms with Crippen LogP contribution in [-0.2, 0) is 61.4 Å². The standard InChI is InChI=1S/C28H34O10/c1-27(2,37-35-25(31)23(29)33-19-21-13-7-5-8-14-21)17-11-12-18-28(3,4)38-36-26(32)24(30)34-20-22-15-9-6-10-16-22/h5-10,13-16H,11-12,17-20H2,1-4H3. The molecule has 0 aromatic heterocycles. The summed E-state index contributed by atoms with van der Waals surface area (Å²) in [5, 5.41) is 0. The van der Waals surface area contributed by atoms with E-state index in [1.165, 1.54) is 0 Å². The number of rotatable bonds is 13. The van der Waals surface area contributed by atoms with Gasteiger partial charge in [0, 0.05) is 0 Å². The first-order chi connectivity index (χ1) is 18.0. The van der Waals surface area contributed by atoms with Crippen LogP contribution in [0.4, 0.5) is 0 Å². The minimum atomic E-state index is -1.24. The van der Waals surface area contributed by atoms with E-state index >= 15 is 0 Å². The molecule has 0 aliphatic carbocycles. The highest BCUT2D eigenvalue weighted by Crippen LogP contribution is 2.23. The number of carbonyl (C=O) groups excluding carboxylic acids is 4. The summed E-state index contributed by atoms with van der Waals surface area (Å²) in [7, 11) is 0. The molecule has 10 nitrogen and oxygen atoms in total. The summed E-state index contributed by atoms with van der Waals surface area (Å²) in [5.74, 6) is -4.79. The molecule has 0 bridgehead atoms. The third-order valence-corrected chi connectivity index (χ3v) is 5.25. The Kier molecular flexibility index (Phi) is 11.9. The number of unbranched alkanes of at least 4 members (excludes halogenated alkanes) is 1. The monoisotopic (exact) mass is 530 g/mol. The van der Waals surface area contributed by atoms with Crippen LogP contribution in [0.15, 0.2) is 60.7 Å². The van der Waals surface area contributed by atoms with E-state index in [-0.39, 0.29) is 13.2 Å². The van der Waals surface area contributed by atoms with Crippen molar-refractivity contribution in [1.29, 1.82) is 0 Å². The number of hydrogen-bond acceptors (Lipinski definition) is 10. The molecule has 0 aliphatic heterocycles. The number of hydrogen-bond donors (Lipinski definition) is 0. The van der Waals surface area contributed by atoms with Gasteiger partial charge in [0.05, 0.1) is 0 Å². The molecule has 0 aliphatic rings. The van der Waals surface area contributed by atoms with Crippen LogP contribution in [0.25, 0.3) is 0 Å². The molecule has 2 rings (SSSR count). The Balaban J connectivity index is 1.61. The van der Waals surface area contributed by atoms with Crippen LogP contribution in [0, 0.1) is 0 Å². The Labute approximate surface area is 222 Å². The molecule has 2 aromatic carbocycles. The van der Waals surface area contributed by atoms with Crippen LogP contribution in [0.5, 0.6) is 0 Å². The lowest BCUT2D eigenvalue weighted by atomic mass is 9.96. The van der Waals surface area contributed by atoms with Gasteiger partial charge in [-0.05, 0) is 51.7 Å². The third-order valence-electron chi connectivity index (χ3n) is 5.25. The van der Waals surface area contributed by atoms with Crippen molar-refractivity contribution >= 4 is 23.9 Å². The van der Waals surface area contributed by atoms with Gasteiger partial charge in [0.15, 0.2) is 0 Å². The van der Waals surface area contributed by atoms with Gasteiger partial charge in [-0.3, -0.25) is 9.78 Å². The second-order valence-corrected chi connectivity index (χ2v) is 9.76. The molecule has 0 fully saturated rings. The van der Waals surface area contributed by atoms with Gasteiger partial charge < -0.3 is 9.47 Å². The lowest BCUT2D eigenvalue weighted by molar-refractivity contribution is -0.327. The second kappa shape index (κ2) is 14.8. The first-order valence-corrected chi connectivity index (χ1v) is 12.2. The van der Waals surface area contributed by atoms with Crippen LogP contribution in [0.1, 0.15) is 64.5 Å².